The van der Waals surface area contributed by atoms with Crippen LogP contribution in [0.3, 0.4) is 0 Å². The highest BCUT2D eigenvalue weighted by Gasteiger charge is 2.23. The Bertz CT molecular complexity index is 983. The van der Waals surface area contributed by atoms with Gasteiger partial charge in [0.1, 0.15) is 0 Å². The van der Waals surface area contributed by atoms with Crippen LogP contribution in [-0.2, 0) is 29.1 Å². The van der Waals surface area contributed by atoms with Gasteiger partial charge in [0.05, 0.1) is 12.5 Å². The molecule has 1 atom stereocenters. The molecule has 0 aliphatic rings. The minimum Gasteiger partial charge on any atom is -0.348 e. The minimum absolute atomic E-state index is 0.0228. The average molecular weight is 419 g/mol. The van der Waals surface area contributed by atoms with Crippen molar-refractivity contribution in [1.29, 1.82) is 0 Å². The predicted octanol–water partition coefficient (Wildman–Crippen LogP) is 4.88. The van der Waals surface area contributed by atoms with Crippen LogP contribution in [-0.4, -0.2) is 16.7 Å². The van der Waals surface area contributed by atoms with Crippen molar-refractivity contribution in [3.8, 4) is 0 Å². The molecular weight excluding hydrogens is 392 g/mol. The smallest absolute Gasteiger partial charge is 0.243 e. The fourth-order valence-corrected chi connectivity index (χ4v) is 4.12. The van der Waals surface area contributed by atoms with Crippen LogP contribution in [0, 0.1) is 0 Å². The Hall–Kier alpha value is -3.18. The third-order valence-electron chi connectivity index (χ3n) is 5.04. The first-order valence-corrected chi connectivity index (χ1v) is 10.8. The second-order valence-electron chi connectivity index (χ2n) is 7.07. The molecule has 2 amide bonds. The van der Waals surface area contributed by atoms with Crippen molar-refractivity contribution in [1.82, 2.24) is 10.2 Å². The first-order valence-electron chi connectivity index (χ1n) is 9.92. The third kappa shape index (κ3) is 5.67. The van der Waals surface area contributed by atoms with Gasteiger partial charge >= 0.3 is 0 Å². The highest BCUT2D eigenvalue weighted by Crippen LogP contribution is 2.27. The van der Waals surface area contributed by atoms with Crippen molar-refractivity contribution in [3.05, 3.63) is 106 Å². The van der Waals surface area contributed by atoms with Crippen LogP contribution in [0.25, 0.3) is 0 Å². The van der Waals surface area contributed by atoms with Crippen molar-refractivity contribution in [2.24, 2.45) is 0 Å². The zero-order chi connectivity index (χ0) is 21.3. The fourth-order valence-electron chi connectivity index (χ4n) is 3.33. The Morgan fingerprint density at radius 2 is 1.73 bits per heavy atom. The molecule has 0 saturated heterocycles. The number of carbonyl (C=O) groups is 2. The Labute approximate surface area is 181 Å². The SMILES string of the molecule is C=CC(=O)NCc1ccccc1CC(=O)N(Cc1ccccc1)C(C)c1cccs1. The normalized spacial score (nSPS) is 11.5. The summed E-state index contributed by atoms with van der Waals surface area (Å²) < 4.78 is 0. The van der Waals surface area contributed by atoms with Gasteiger partial charge in [-0.2, -0.15) is 0 Å². The molecule has 3 aromatic rings. The van der Waals surface area contributed by atoms with E-state index < -0.39 is 0 Å². The van der Waals surface area contributed by atoms with E-state index in [0.29, 0.717) is 13.1 Å². The molecule has 30 heavy (non-hydrogen) atoms. The van der Waals surface area contributed by atoms with Crippen molar-refractivity contribution >= 4 is 23.2 Å². The topological polar surface area (TPSA) is 49.4 Å². The largest absolute Gasteiger partial charge is 0.348 e. The van der Waals surface area contributed by atoms with Crippen LogP contribution in [0.5, 0.6) is 0 Å². The molecule has 1 aromatic heterocycles. The average Bonchev–Trinajstić information content (AvgIpc) is 3.32. The molecular formula is C25H26N2O2S. The number of benzene rings is 2. The van der Waals surface area contributed by atoms with Gasteiger partial charge in [-0.25, -0.2) is 0 Å². The number of nitrogens with zero attached hydrogens (tertiary/aromatic N) is 1. The number of amides is 2. The van der Waals surface area contributed by atoms with Gasteiger partial charge in [0.15, 0.2) is 0 Å². The van der Waals surface area contributed by atoms with E-state index in [-0.39, 0.29) is 24.3 Å². The summed E-state index contributed by atoms with van der Waals surface area (Å²) >= 11 is 1.66. The Morgan fingerprint density at radius 1 is 1.03 bits per heavy atom. The maximum Gasteiger partial charge on any atom is 0.243 e. The number of hydrogen-bond donors (Lipinski definition) is 1. The molecule has 0 aliphatic heterocycles. The molecule has 1 N–H and O–H groups in total. The predicted molar refractivity (Wildman–Crippen MR) is 122 cm³/mol. The van der Waals surface area contributed by atoms with Crippen molar-refractivity contribution in [2.75, 3.05) is 0 Å². The summed E-state index contributed by atoms with van der Waals surface area (Å²) in [7, 11) is 0. The molecule has 5 heteroatoms. The highest BCUT2D eigenvalue weighted by atomic mass is 32.1. The van der Waals surface area contributed by atoms with E-state index in [2.05, 4.69) is 24.9 Å². The minimum atomic E-state index is -0.229. The van der Waals surface area contributed by atoms with Gasteiger partial charge in [-0.15, -0.1) is 11.3 Å². The van der Waals surface area contributed by atoms with E-state index in [1.807, 2.05) is 70.9 Å². The summed E-state index contributed by atoms with van der Waals surface area (Å²) in [5.74, 6) is -0.171. The first-order chi connectivity index (χ1) is 14.6. The molecule has 0 aliphatic carbocycles. The molecule has 0 bridgehead atoms. The van der Waals surface area contributed by atoms with Gasteiger partial charge in [-0.1, -0.05) is 67.2 Å². The van der Waals surface area contributed by atoms with E-state index in [4.69, 9.17) is 0 Å². The lowest BCUT2D eigenvalue weighted by molar-refractivity contribution is -0.133. The summed E-state index contributed by atoms with van der Waals surface area (Å²) in [6.07, 6.45) is 1.53. The Morgan fingerprint density at radius 3 is 2.40 bits per heavy atom. The molecule has 1 unspecified atom stereocenters. The zero-order valence-electron chi connectivity index (χ0n) is 17.1. The van der Waals surface area contributed by atoms with Gasteiger partial charge in [0.2, 0.25) is 11.8 Å². The molecule has 4 nitrogen and oxygen atoms in total. The highest BCUT2D eigenvalue weighted by molar-refractivity contribution is 7.10. The summed E-state index contributed by atoms with van der Waals surface area (Å²) in [5, 5.41) is 4.83. The maximum atomic E-state index is 13.4. The van der Waals surface area contributed by atoms with E-state index in [9.17, 15) is 9.59 Å². The summed E-state index contributed by atoms with van der Waals surface area (Å²) in [6.45, 7) is 6.47. The van der Waals surface area contributed by atoms with Crippen molar-refractivity contribution in [3.63, 3.8) is 0 Å². The second kappa shape index (κ2) is 10.6. The summed E-state index contributed by atoms with van der Waals surface area (Å²) in [5.41, 5.74) is 2.95. The van der Waals surface area contributed by atoms with Crippen molar-refractivity contribution in [2.45, 2.75) is 32.5 Å². The third-order valence-corrected chi connectivity index (χ3v) is 6.08. The molecule has 0 radical (unpaired) electrons. The summed E-state index contributed by atoms with van der Waals surface area (Å²) in [6, 6.07) is 21.8. The second-order valence-corrected chi connectivity index (χ2v) is 8.05. The molecule has 0 saturated carbocycles. The van der Waals surface area contributed by atoms with Crippen LogP contribution in [0.2, 0.25) is 0 Å². The first kappa shape index (κ1) is 21.5. The fraction of sp³-hybridized carbons (Fsp3) is 0.200. The molecule has 2 aromatic carbocycles. The molecule has 154 valence electrons. The van der Waals surface area contributed by atoms with E-state index in [1.165, 1.54) is 6.08 Å². The Balaban J connectivity index is 1.81. The van der Waals surface area contributed by atoms with Crippen LogP contribution in [0.1, 0.15) is 34.5 Å². The quantitative estimate of drug-likeness (QED) is 0.503. The van der Waals surface area contributed by atoms with Crippen LogP contribution < -0.4 is 5.32 Å². The van der Waals surface area contributed by atoms with Gasteiger partial charge < -0.3 is 10.2 Å². The monoisotopic (exact) mass is 418 g/mol. The summed E-state index contributed by atoms with van der Waals surface area (Å²) in [4.78, 5) is 28.1. The van der Waals surface area contributed by atoms with Gasteiger partial charge in [0, 0.05) is 18.0 Å². The zero-order valence-corrected chi connectivity index (χ0v) is 17.9. The maximum absolute atomic E-state index is 13.4. The number of thiophene rings is 1. The molecule has 0 spiro atoms. The lowest BCUT2D eigenvalue weighted by atomic mass is 10.0. The molecule has 3 rings (SSSR count). The van der Waals surface area contributed by atoms with Crippen LogP contribution >= 0.6 is 11.3 Å². The number of carbonyl (C=O) groups excluding carboxylic acids is 2. The van der Waals surface area contributed by atoms with Crippen LogP contribution in [0.15, 0.2) is 84.8 Å². The number of hydrogen-bond acceptors (Lipinski definition) is 3. The number of rotatable bonds is 9. The van der Waals surface area contributed by atoms with Gasteiger partial charge in [-0.05, 0) is 41.1 Å². The van der Waals surface area contributed by atoms with E-state index in [0.717, 1.165) is 21.6 Å². The van der Waals surface area contributed by atoms with E-state index in [1.54, 1.807) is 11.3 Å². The lowest BCUT2D eigenvalue weighted by Gasteiger charge is -2.29. The van der Waals surface area contributed by atoms with Gasteiger partial charge in [0.25, 0.3) is 0 Å². The van der Waals surface area contributed by atoms with Crippen molar-refractivity contribution < 1.29 is 9.59 Å². The van der Waals surface area contributed by atoms with Gasteiger partial charge in [-0.3, -0.25) is 9.59 Å². The standard InChI is InChI=1S/C25H26N2O2S/c1-3-24(28)26-17-22-13-8-7-12-21(22)16-25(29)27(18-20-10-5-4-6-11-20)19(2)23-14-9-15-30-23/h3-15,19H,1,16-18H2,2H3,(H,26,28). The van der Waals surface area contributed by atoms with Crippen LogP contribution in [0.4, 0.5) is 0 Å². The Kier molecular flexibility index (Phi) is 7.57. The number of nitrogens with one attached hydrogen (secondary N) is 1. The molecule has 0 fully saturated rings. The van der Waals surface area contributed by atoms with E-state index >= 15 is 0 Å². The lowest BCUT2D eigenvalue weighted by Crippen LogP contribution is -2.34. The molecule has 1 heterocycles.